The van der Waals surface area contributed by atoms with Crippen LogP contribution in [0.1, 0.15) is 43.2 Å². The maximum Gasteiger partial charge on any atom is 0.315 e. The molecule has 4 nitrogen and oxygen atoms in total. The van der Waals surface area contributed by atoms with Gasteiger partial charge in [-0.15, -0.1) is 0 Å². The molecule has 2 aliphatic rings. The Kier molecular flexibility index (Phi) is 8.22. The van der Waals surface area contributed by atoms with Crippen LogP contribution in [-0.4, -0.2) is 36.1 Å². The monoisotopic (exact) mass is 493 g/mol. The molecule has 0 spiro atoms. The topological polar surface area (TPSA) is 44.4 Å². The van der Waals surface area contributed by atoms with Gasteiger partial charge in [-0.1, -0.05) is 53.0 Å². The predicted octanol–water partition coefficient (Wildman–Crippen LogP) is 6.32. The van der Waals surface area contributed by atoms with Crippen LogP contribution in [0.5, 0.6) is 0 Å². The molecule has 0 bridgehead atoms. The molecule has 1 saturated heterocycles. The lowest BCUT2D eigenvalue weighted by atomic mass is 9.89. The number of nitrogens with zero attached hydrogens (tertiary/aromatic N) is 1. The third-order valence-electron chi connectivity index (χ3n) is 6.79. The van der Waals surface area contributed by atoms with E-state index in [1.54, 1.807) is 12.1 Å². The van der Waals surface area contributed by atoms with E-state index >= 15 is 0 Å². The molecule has 7 heteroatoms. The van der Waals surface area contributed by atoms with Crippen molar-refractivity contribution >= 4 is 40.8 Å². The minimum Gasteiger partial charge on any atom is -0.334 e. The van der Waals surface area contributed by atoms with Crippen LogP contribution in [0, 0.1) is 5.92 Å². The first-order valence-corrected chi connectivity index (χ1v) is 12.6. The molecule has 32 heavy (non-hydrogen) atoms. The van der Waals surface area contributed by atoms with Crippen molar-refractivity contribution in [3.05, 3.63) is 68.7 Å². The second kappa shape index (κ2) is 11.1. The van der Waals surface area contributed by atoms with E-state index in [0.717, 1.165) is 55.3 Å². The number of halogens is 3. The van der Waals surface area contributed by atoms with E-state index in [1.165, 1.54) is 18.4 Å². The van der Waals surface area contributed by atoms with Gasteiger partial charge in [-0.25, -0.2) is 4.79 Å². The van der Waals surface area contributed by atoms with Crippen LogP contribution in [-0.2, 0) is 13.0 Å². The quantitative estimate of drug-likeness (QED) is 0.493. The van der Waals surface area contributed by atoms with Gasteiger partial charge in [0.15, 0.2) is 0 Å². The smallest absolute Gasteiger partial charge is 0.315 e. The van der Waals surface area contributed by atoms with Crippen LogP contribution in [0.4, 0.5) is 4.79 Å². The number of hydrogen-bond acceptors (Lipinski definition) is 2. The van der Waals surface area contributed by atoms with Gasteiger partial charge >= 0.3 is 6.03 Å². The highest BCUT2D eigenvalue weighted by Gasteiger charge is 2.35. The van der Waals surface area contributed by atoms with Crippen molar-refractivity contribution in [2.75, 3.05) is 13.1 Å². The summed E-state index contributed by atoms with van der Waals surface area (Å²) in [6.45, 7) is 2.63. The highest BCUT2D eigenvalue weighted by molar-refractivity contribution is 6.42. The Morgan fingerprint density at radius 1 is 0.906 bits per heavy atom. The maximum absolute atomic E-state index is 12.5. The zero-order valence-corrected chi connectivity index (χ0v) is 20.4. The Labute approximate surface area is 205 Å². The van der Waals surface area contributed by atoms with Gasteiger partial charge in [-0.2, -0.15) is 0 Å². The van der Waals surface area contributed by atoms with Gasteiger partial charge in [0.1, 0.15) is 0 Å². The standard InChI is InChI=1S/C25H30Cl3N3O/c26-20-7-4-17(5-8-20)14-18-10-12-31(13-11-18)24-3-1-2-23(24)30-25(32)29-16-19-6-9-21(27)22(28)15-19/h4-9,15,18,23-24H,1-3,10-14,16H2,(H2,29,30,32). The Morgan fingerprint density at radius 3 is 2.34 bits per heavy atom. The molecule has 4 rings (SSSR count). The van der Waals surface area contributed by atoms with E-state index in [2.05, 4.69) is 27.7 Å². The average molecular weight is 495 g/mol. The number of carbonyl (C=O) groups excluding carboxylic acids is 1. The van der Waals surface area contributed by atoms with E-state index in [-0.39, 0.29) is 12.1 Å². The summed E-state index contributed by atoms with van der Waals surface area (Å²) in [6.07, 6.45) is 6.88. The molecule has 172 valence electrons. The molecule has 0 radical (unpaired) electrons. The summed E-state index contributed by atoms with van der Waals surface area (Å²) >= 11 is 18.0. The zero-order valence-electron chi connectivity index (χ0n) is 18.1. The number of piperidine rings is 1. The largest absolute Gasteiger partial charge is 0.334 e. The molecule has 1 saturated carbocycles. The SMILES string of the molecule is O=C(NCc1ccc(Cl)c(Cl)c1)NC1CCCC1N1CCC(Cc2ccc(Cl)cc2)CC1. The summed E-state index contributed by atoms with van der Waals surface area (Å²) in [6, 6.07) is 14.2. The normalized spacial score (nSPS) is 22.1. The van der Waals surface area contributed by atoms with Crippen molar-refractivity contribution < 1.29 is 4.79 Å². The lowest BCUT2D eigenvalue weighted by Crippen LogP contribution is -2.53. The van der Waals surface area contributed by atoms with E-state index in [4.69, 9.17) is 34.8 Å². The second-order valence-corrected chi connectivity index (χ2v) is 10.2. The molecule has 1 aliphatic heterocycles. The van der Waals surface area contributed by atoms with Crippen LogP contribution < -0.4 is 10.6 Å². The van der Waals surface area contributed by atoms with Crippen LogP contribution in [0.2, 0.25) is 15.1 Å². The van der Waals surface area contributed by atoms with Crippen LogP contribution >= 0.6 is 34.8 Å². The minimum atomic E-state index is -0.120. The van der Waals surface area contributed by atoms with Crippen molar-refractivity contribution in [2.24, 2.45) is 5.92 Å². The van der Waals surface area contributed by atoms with Gasteiger partial charge in [0, 0.05) is 23.7 Å². The van der Waals surface area contributed by atoms with Crippen molar-refractivity contribution in [1.82, 2.24) is 15.5 Å². The Bertz CT molecular complexity index is 913. The molecule has 0 aromatic heterocycles. The molecule has 2 aromatic carbocycles. The number of hydrogen-bond donors (Lipinski definition) is 2. The van der Waals surface area contributed by atoms with Gasteiger partial charge in [0.2, 0.25) is 0 Å². The summed E-state index contributed by atoms with van der Waals surface area (Å²) in [5.41, 5.74) is 2.30. The third-order valence-corrected chi connectivity index (χ3v) is 7.78. The van der Waals surface area contributed by atoms with Crippen molar-refractivity contribution in [3.63, 3.8) is 0 Å². The fourth-order valence-electron chi connectivity index (χ4n) is 5.04. The number of urea groups is 1. The first-order valence-electron chi connectivity index (χ1n) is 11.4. The number of rotatable bonds is 6. The fraction of sp³-hybridized carbons (Fsp3) is 0.480. The number of carbonyl (C=O) groups is 1. The van der Waals surface area contributed by atoms with E-state index in [9.17, 15) is 4.79 Å². The van der Waals surface area contributed by atoms with Crippen LogP contribution in [0.3, 0.4) is 0 Å². The zero-order chi connectivity index (χ0) is 22.5. The Hall–Kier alpha value is -1.46. The van der Waals surface area contributed by atoms with Crippen LogP contribution in [0.25, 0.3) is 0 Å². The van der Waals surface area contributed by atoms with E-state index in [1.807, 2.05) is 18.2 Å². The summed E-state index contributed by atoms with van der Waals surface area (Å²) in [5.74, 6) is 0.717. The van der Waals surface area contributed by atoms with Crippen LogP contribution in [0.15, 0.2) is 42.5 Å². The first-order chi connectivity index (χ1) is 15.5. The van der Waals surface area contributed by atoms with E-state index in [0.29, 0.717) is 22.6 Å². The molecule has 2 fully saturated rings. The molecule has 2 unspecified atom stereocenters. The molecule has 2 N–H and O–H groups in total. The molecule has 1 heterocycles. The van der Waals surface area contributed by atoms with Gasteiger partial charge in [-0.05, 0) is 92.9 Å². The lowest BCUT2D eigenvalue weighted by Gasteiger charge is -2.38. The molecular formula is C25H30Cl3N3O. The third kappa shape index (κ3) is 6.32. The highest BCUT2D eigenvalue weighted by Crippen LogP contribution is 2.30. The summed E-state index contributed by atoms with van der Waals surface area (Å²) < 4.78 is 0. The predicted molar refractivity (Wildman–Crippen MR) is 133 cm³/mol. The average Bonchev–Trinajstić information content (AvgIpc) is 3.25. The Balaban J connectivity index is 1.23. The lowest BCUT2D eigenvalue weighted by molar-refractivity contribution is 0.118. The summed E-state index contributed by atoms with van der Waals surface area (Å²) in [5, 5.41) is 7.99. The van der Waals surface area contributed by atoms with Gasteiger partial charge < -0.3 is 10.6 Å². The fourth-order valence-corrected chi connectivity index (χ4v) is 5.49. The van der Waals surface area contributed by atoms with Gasteiger partial charge in [0.25, 0.3) is 0 Å². The molecule has 2 aromatic rings. The number of nitrogens with one attached hydrogen (secondary N) is 2. The number of likely N-dealkylation sites (tertiary alicyclic amines) is 1. The Morgan fingerprint density at radius 2 is 1.62 bits per heavy atom. The minimum absolute atomic E-state index is 0.120. The number of amides is 2. The molecule has 2 amide bonds. The summed E-state index contributed by atoms with van der Waals surface area (Å²) in [7, 11) is 0. The van der Waals surface area contributed by atoms with Gasteiger partial charge in [-0.3, -0.25) is 4.90 Å². The van der Waals surface area contributed by atoms with E-state index < -0.39 is 0 Å². The van der Waals surface area contributed by atoms with Crippen molar-refractivity contribution in [2.45, 2.75) is 57.2 Å². The van der Waals surface area contributed by atoms with Crippen molar-refractivity contribution in [1.29, 1.82) is 0 Å². The van der Waals surface area contributed by atoms with Gasteiger partial charge in [0.05, 0.1) is 10.0 Å². The molecular weight excluding hydrogens is 465 g/mol. The van der Waals surface area contributed by atoms with Crippen molar-refractivity contribution in [3.8, 4) is 0 Å². The first kappa shape index (κ1) is 23.7. The number of benzene rings is 2. The molecule has 2 atom stereocenters. The summed E-state index contributed by atoms with van der Waals surface area (Å²) in [4.78, 5) is 15.1. The second-order valence-electron chi connectivity index (χ2n) is 8.99. The highest BCUT2D eigenvalue weighted by atomic mass is 35.5. The molecule has 1 aliphatic carbocycles. The maximum atomic E-state index is 12.5.